The van der Waals surface area contributed by atoms with Crippen LogP contribution in [0.2, 0.25) is 0 Å². The smallest absolute Gasteiger partial charge is 0.294 e. The molecule has 5 nitrogen and oxygen atoms in total. The van der Waals surface area contributed by atoms with Crippen LogP contribution in [-0.2, 0) is 11.3 Å². The molecule has 1 aliphatic carbocycles. The van der Waals surface area contributed by atoms with E-state index in [9.17, 15) is 4.79 Å². The normalized spacial score (nSPS) is 15.9. The lowest BCUT2D eigenvalue weighted by atomic mass is 10.1. The highest BCUT2D eigenvalue weighted by molar-refractivity contribution is 7.81. The minimum Gasteiger partial charge on any atom is -0.465 e. The molecule has 1 fully saturated rings. The first-order chi connectivity index (χ1) is 10.5. The molecule has 0 saturated heterocycles. The standard InChI is InChI=1S/C16H27N3O2S/c1-4-7-21-16-18-12(14(19-16)11-5-6-11)9-17-15(20)13(22)8-10(2)3/h10-11,13,22H,4-9H2,1-3H3,(H,17,20)(H,18,19)/t13-/m0/s1. The molecule has 0 spiro atoms. The van der Waals surface area contributed by atoms with Crippen molar-refractivity contribution in [2.45, 2.75) is 64.2 Å². The Kier molecular flexibility index (Phi) is 6.17. The Morgan fingerprint density at radius 3 is 2.82 bits per heavy atom. The summed E-state index contributed by atoms with van der Waals surface area (Å²) in [7, 11) is 0. The fraction of sp³-hybridized carbons (Fsp3) is 0.750. The highest BCUT2D eigenvalue weighted by Crippen LogP contribution is 2.41. The maximum Gasteiger partial charge on any atom is 0.294 e. The zero-order valence-electron chi connectivity index (χ0n) is 13.7. The van der Waals surface area contributed by atoms with Crippen molar-refractivity contribution < 1.29 is 9.53 Å². The Labute approximate surface area is 138 Å². The van der Waals surface area contributed by atoms with Gasteiger partial charge in [0.05, 0.1) is 29.8 Å². The van der Waals surface area contributed by atoms with Gasteiger partial charge >= 0.3 is 0 Å². The lowest BCUT2D eigenvalue weighted by Gasteiger charge is -2.13. The van der Waals surface area contributed by atoms with Crippen molar-refractivity contribution >= 4 is 18.5 Å². The molecule has 0 aliphatic heterocycles. The van der Waals surface area contributed by atoms with Crippen LogP contribution in [0, 0.1) is 5.92 Å². The van der Waals surface area contributed by atoms with Crippen LogP contribution in [0.15, 0.2) is 0 Å². The number of amides is 1. The predicted molar refractivity (Wildman–Crippen MR) is 90.4 cm³/mol. The maximum atomic E-state index is 12.1. The number of carbonyl (C=O) groups excluding carboxylic acids is 1. The Morgan fingerprint density at radius 1 is 1.50 bits per heavy atom. The summed E-state index contributed by atoms with van der Waals surface area (Å²) in [5.74, 6) is 0.950. The summed E-state index contributed by atoms with van der Waals surface area (Å²) in [5, 5.41) is 2.69. The quantitative estimate of drug-likeness (QED) is 0.611. The van der Waals surface area contributed by atoms with Gasteiger partial charge < -0.3 is 15.0 Å². The fourth-order valence-electron chi connectivity index (χ4n) is 2.34. The number of rotatable bonds is 9. The van der Waals surface area contributed by atoms with Gasteiger partial charge in [0.1, 0.15) is 0 Å². The summed E-state index contributed by atoms with van der Waals surface area (Å²) >= 11 is 4.38. The van der Waals surface area contributed by atoms with Crippen LogP contribution in [0.25, 0.3) is 0 Å². The van der Waals surface area contributed by atoms with Gasteiger partial charge in [0.15, 0.2) is 0 Å². The third-order valence-electron chi connectivity index (χ3n) is 3.63. The van der Waals surface area contributed by atoms with E-state index in [1.807, 2.05) is 0 Å². The molecule has 1 saturated carbocycles. The molecule has 1 amide bonds. The number of aromatic amines is 1. The lowest BCUT2D eigenvalue weighted by molar-refractivity contribution is -0.121. The Balaban J connectivity index is 1.93. The van der Waals surface area contributed by atoms with Gasteiger partial charge in [0.2, 0.25) is 5.91 Å². The summed E-state index contributed by atoms with van der Waals surface area (Å²) in [6.07, 6.45) is 4.06. The topological polar surface area (TPSA) is 67.0 Å². The van der Waals surface area contributed by atoms with Crippen LogP contribution < -0.4 is 10.1 Å². The van der Waals surface area contributed by atoms with Crippen molar-refractivity contribution in [1.82, 2.24) is 15.3 Å². The maximum absolute atomic E-state index is 12.1. The average molecular weight is 325 g/mol. The van der Waals surface area contributed by atoms with Gasteiger partial charge in [0, 0.05) is 5.92 Å². The Bertz CT molecular complexity index is 498. The molecule has 0 aromatic carbocycles. The van der Waals surface area contributed by atoms with Gasteiger partial charge in [-0.05, 0) is 31.6 Å². The third-order valence-corrected chi connectivity index (χ3v) is 4.08. The van der Waals surface area contributed by atoms with E-state index < -0.39 is 0 Å². The van der Waals surface area contributed by atoms with Crippen molar-refractivity contribution in [2.24, 2.45) is 5.92 Å². The van der Waals surface area contributed by atoms with Crippen molar-refractivity contribution in [3.05, 3.63) is 11.4 Å². The fourth-order valence-corrected chi connectivity index (χ4v) is 2.85. The number of H-pyrrole nitrogens is 1. The second-order valence-corrected chi connectivity index (χ2v) is 7.01. The van der Waals surface area contributed by atoms with Crippen molar-refractivity contribution in [1.29, 1.82) is 0 Å². The second-order valence-electron chi connectivity index (χ2n) is 6.39. The molecule has 124 valence electrons. The highest BCUT2D eigenvalue weighted by atomic mass is 32.1. The molecule has 0 bridgehead atoms. The molecule has 0 radical (unpaired) electrons. The Morgan fingerprint density at radius 2 is 2.23 bits per heavy atom. The van der Waals surface area contributed by atoms with E-state index in [0.29, 0.717) is 31.0 Å². The van der Waals surface area contributed by atoms with Gasteiger partial charge in [-0.1, -0.05) is 20.8 Å². The summed E-state index contributed by atoms with van der Waals surface area (Å²) in [5.41, 5.74) is 2.01. The molecule has 6 heteroatoms. The second kappa shape index (κ2) is 7.90. The number of imidazole rings is 1. The third kappa shape index (κ3) is 4.93. The number of hydrogen-bond donors (Lipinski definition) is 3. The van der Waals surface area contributed by atoms with Crippen molar-refractivity contribution in [3.63, 3.8) is 0 Å². The van der Waals surface area contributed by atoms with Gasteiger partial charge in [-0.25, -0.2) is 0 Å². The minimum absolute atomic E-state index is 0.0237. The van der Waals surface area contributed by atoms with Crippen LogP contribution in [0.4, 0.5) is 0 Å². The number of thiol groups is 1. The van der Waals surface area contributed by atoms with Gasteiger partial charge in [0.25, 0.3) is 6.01 Å². The molecule has 1 aromatic heterocycles. The first-order valence-electron chi connectivity index (χ1n) is 8.18. The molecular formula is C16H27N3O2S. The van der Waals surface area contributed by atoms with Gasteiger partial charge in [-0.15, -0.1) is 0 Å². The monoisotopic (exact) mass is 325 g/mol. The minimum atomic E-state index is -0.261. The van der Waals surface area contributed by atoms with Crippen molar-refractivity contribution in [3.8, 4) is 6.01 Å². The van der Waals surface area contributed by atoms with E-state index in [1.54, 1.807) is 0 Å². The van der Waals surface area contributed by atoms with Crippen LogP contribution >= 0.6 is 12.6 Å². The van der Waals surface area contributed by atoms with Crippen LogP contribution in [0.1, 0.15) is 63.8 Å². The molecular weight excluding hydrogens is 298 g/mol. The first-order valence-corrected chi connectivity index (χ1v) is 8.70. The summed E-state index contributed by atoms with van der Waals surface area (Å²) in [4.78, 5) is 19.8. The average Bonchev–Trinajstić information content (AvgIpc) is 3.23. The zero-order chi connectivity index (χ0) is 16.1. The summed E-state index contributed by atoms with van der Waals surface area (Å²) in [6.45, 7) is 7.36. The molecule has 0 unspecified atom stereocenters. The number of aromatic nitrogens is 2. The zero-order valence-corrected chi connectivity index (χ0v) is 14.6. The molecule has 2 rings (SSSR count). The predicted octanol–water partition coefficient (Wildman–Crippen LogP) is 3.04. The summed E-state index contributed by atoms with van der Waals surface area (Å²) < 4.78 is 5.57. The number of hydrogen-bond acceptors (Lipinski definition) is 4. The Hall–Kier alpha value is -1.17. The largest absolute Gasteiger partial charge is 0.465 e. The summed E-state index contributed by atoms with van der Waals surface area (Å²) in [6, 6.07) is 0.567. The highest BCUT2D eigenvalue weighted by Gasteiger charge is 2.30. The molecule has 1 aromatic rings. The van der Waals surface area contributed by atoms with Gasteiger partial charge in [-0.3, -0.25) is 4.79 Å². The number of nitrogens with one attached hydrogen (secondary N) is 2. The molecule has 1 aliphatic rings. The van der Waals surface area contributed by atoms with E-state index in [2.05, 4.69) is 48.7 Å². The van der Waals surface area contributed by atoms with E-state index in [1.165, 1.54) is 12.8 Å². The van der Waals surface area contributed by atoms with Crippen LogP contribution in [0.3, 0.4) is 0 Å². The number of ether oxygens (including phenoxy) is 1. The number of carbonyl (C=O) groups is 1. The van der Waals surface area contributed by atoms with E-state index in [0.717, 1.165) is 24.2 Å². The van der Waals surface area contributed by atoms with E-state index in [-0.39, 0.29) is 11.2 Å². The molecule has 22 heavy (non-hydrogen) atoms. The molecule has 2 N–H and O–H groups in total. The van der Waals surface area contributed by atoms with Crippen LogP contribution in [0.5, 0.6) is 6.01 Å². The first kappa shape index (κ1) is 17.2. The lowest BCUT2D eigenvalue weighted by Crippen LogP contribution is -2.32. The van der Waals surface area contributed by atoms with Crippen LogP contribution in [-0.4, -0.2) is 27.7 Å². The molecule has 1 heterocycles. The van der Waals surface area contributed by atoms with E-state index >= 15 is 0 Å². The molecule has 1 atom stereocenters. The van der Waals surface area contributed by atoms with Crippen molar-refractivity contribution in [2.75, 3.05) is 6.61 Å². The van der Waals surface area contributed by atoms with E-state index in [4.69, 9.17) is 4.74 Å². The van der Waals surface area contributed by atoms with Gasteiger partial charge in [-0.2, -0.15) is 17.6 Å². The number of nitrogens with zero attached hydrogens (tertiary/aromatic N) is 1. The SMILES string of the molecule is CCCOc1nc(C2CC2)c(CNC(=O)[C@@H](S)CC(C)C)[nH]1.